The van der Waals surface area contributed by atoms with Crippen molar-refractivity contribution >= 4 is 15.4 Å². The Hall–Kier alpha value is -1.94. The number of hydrogen-bond acceptors (Lipinski definition) is 4. The molecule has 0 aromatic heterocycles. The van der Waals surface area contributed by atoms with Crippen LogP contribution in [0.1, 0.15) is 17.0 Å². The lowest BCUT2D eigenvalue weighted by molar-refractivity contribution is -0.137. The maximum Gasteiger partial charge on any atom is 0.315 e. The van der Waals surface area contributed by atoms with Crippen molar-refractivity contribution in [3.05, 3.63) is 59.7 Å². The number of carboxylic acids is 1. The molecule has 5 nitrogen and oxygen atoms in total. The van der Waals surface area contributed by atoms with Crippen LogP contribution >= 0.6 is 9.39 Å². The zero-order valence-electron chi connectivity index (χ0n) is 14.4. The predicted molar refractivity (Wildman–Crippen MR) is 103 cm³/mol. The first-order chi connectivity index (χ1) is 12.6. The molecule has 136 valence electrons. The number of nitrogens with zero attached hydrogens (tertiary/aromatic N) is 1. The minimum Gasteiger partial charge on any atom is -0.481 e. The summed E-state index contributed by atoms with van der Waals surface area (Å²) in [7, 11) is 2.76. The highest BCUT2D eigenvalue weighted by Gasteiger charge is 2.53. The number of fused-ring (bicyclic) bond motifs is 3. The van der Waals surface area contributed by atoms with E-state index in [4.69, 9.17) is 10.5 Å². The number of rotatable bonds is 2. The van der Waals surface area contributed by atoms with Crippen LogP contribution in [-0.2, 0) is 4.79 Å². The highest BCUT2D eigenvalue weighted by molar-refractivity contribution is 7.13. The molecular formula is C20H23N2O3P. The molecule has 2 aromatic rings. The molecule has 3 aliphatic rings. The molecule has 26 heavy (non-hydrogen) atoms. The molecule has 1 aliphatic carbocycles. The summed E-state index contributed by atoms with van der Waals surface area (Å²) in [5, 5.41) is 9.38. The van der Waals surface area contributed by atoms with Crippen LogP contribution in [0.25, 0.3) is 0 Å². The summed E-state index contributed by atoms with van der Waals surface area (Å²) in [6.07, 6.45) is 0. The number of carboxylic acid groups (broad SMARTS) is 1. The molecule has 0 amide bonds. The van der Waals surface area contributed by atoms with Crippen LogP contribution in [0.4, 0.5) is 0 Å². The second-order valence-corrected chi connectivity index (χ2v) is 7.86. The van der Waals surface area contributed by atoms with E-state index in [-0.39, 0.29) is 0 Å². The Morgan fingerprint density at radius 1 is 1.08 bits per heavy atom. The van der Waals surface area contributed by atoms with Gasteiger partial charge in [-0.1, -0.05) is 45.8 Å². The summed E-state index contributed by atoms with van der Waals surface area (Å²) in [5.41, 5.74) is 6.96. The first-order valence-corrected chi connectivity index (χ1v) is 9.40. The standard InChI is InChI=1S/C14H10O3.C6H13N2P/c15-14(16)13-9-5-1-3-7-11(9)17-12-8-4-2-6-10(12)13;7-1-4-5-2-8(9)3-6(4)5/h1-8,13H,(H,15,16);4-6H,1-3,7,9H2. The van der Waals surface area contributed by atoms with Gasteiger partial charge in [-0.25, -0.2) is 0 Å². The van der Waals surface area contributed by atoms with E-state index in [0.29, 0.717) is 22.6 Å². The Kier molecular flexibility index (Phi) is 4.70. The van der Waals surface area contributed by atoms with Crippen LogP contribution in [0.5, 0.6) is 11.5 Å². The van der Waals surface area contributed by atoms with Gasteiger partial charge in [0.15, 0.2) is 0 Å². The Bertz CT molecular complexity index is 771. The number of ether oxygens (including phenoxy) is 1. The van der Waals surface area contributed by atoms with Gasteiger partial charge in [-0.05, 0) is 36.4 Å². The molecule has 0 bridgehead atoms. The van der Waals surface area contributed by atoms with Gasteiger partial charge < -0.3 is 15.6 Å². The number of carbonyl (C=O) groups is 1. The van der Waals surface area contributed by atoms with Gasteiger partial charge in [0.05, 0.1) is 0 Å². The molecule has 1 saturated carbocycles. The summed E-state index contributed by atoms with van der Waals surface area (Å²) in [6.45, 7) is 3.43. The summed E-state index contributed by atoms with van der Waals surface area (Å²) < 4.78 is 8.02. The number of para-hydroxylation sites is 2. The molecule has 6 heteroatoms. The van der Waals surface area contributed by atoms with Gasteiger partial charge in [-0.3, -0.25) is 9.46 Å². The molecule has 0 radical (unpaired) electrons. The third kappa shape index (κ3) is 3.11. The van der Waals surface area contributed by atoms with Gasteiger partial charge in [-0.15, -0.1) is 0 Å². The van der Waals surface area contributed by atoms with Gasteiger partial charge in [0.1, 0.15) is 17.4 Å². The summed E-state index contributed by atoms with van der Waals surface area (Å²) in [4.78, 5) is 11.4. The van der Waals surface area contributed by atoms with Crippen LogP contribution in [0.15, 0.2) is 48.5 Å². The normalized spacial score (nSPS) is 25.8. The maximum atomic E-state index is 11.4. The van der Waals surface area contributed by atoms with Gasteiger partial charge in [-0.2, -0.15) is 0 Å². The highest BCUT2D eigenvalue weighted by Crippen LogP contribution is 2.51. The lowest BCUT2D eigenvalue weighted by Crippen LogP contribution is -2.18. The van der Waals surface area contributed by atoms with E-state index in [1.807, 2.05) is 24.3 Å². The number of piperidine rings is 1. The molecule has 3 N–H and O–H groups in total. The molecule has 2 fully saturated rings. The van der Waals surface area contributed by atoms with E-state index < -0.39 is 11.9 Å². The van der Waals surface area contributed by atoms with Gasteiger partial charge in [0.2, 0.25) is 0 Å². The molecule has 5 rings (SSSR count). The van der Waals surface area contributed by atoms with Gasteiger partial charge in [0, 0.05) is 24.2 Å². The van der Waals surface area contributed by atoms with Gasteiger partial charge in [0.25, 0.3) is 0 Å². The molecule has 2 aromatic carbocycles. The van der Waals surface area contributed by atoms with Crippen molar-refractivity contribution in [1.29, 1.82) is 0 Å². The van der Waals surface area contributed by atoms with Crippen molar-refractivity contribution in [3.8, 4) is 11.5 Å². The quantitative estimate of drug-likeness (QED) is 0.795. The lowest BCUT2D eigenvalue weighted by Gasteiger charge is -2.25. The molecular weight excluding hydrogens is 347 g/mol. The molecule has 1 saturated heterocycles. The fraction of sp³-hybridized carbons (Fsp3) is 0.350. The predicted octanol–water partition coefficient (Wildman–Crippen LogP) is 2.92. The van der Waals surface area contributed by atoms with E-state index in [1.165, 1.54) is 13.1 Å². The summed E-state index contributed by atoms with van der Waals surface area (Å²) >= 11 is 0. The van der Waals surface area contributed by atoms with Crippen molar-refractivity contribution in [3.63, 3.8) is 0 Å². The van der Waals surface area contributed by atoms with Crippen LogP contribution in [-0.4, -0.2) is 35.4 Å². The zero-order valence-corrected chi connectivity index (χ0v) is 15.6. The molecule has 2 heterocycles. The molecule has 2 aliphatic heterocycles. The largest absolute Gasteiger partial charge is 0.481 e. The first kappa shape index (κ1) is 17.5. The third-order valence-corrected chi connectivity index (χ3v) is 6.02. The average Bonchev–Trinajstić information content (AvgIpc) is 3.14. The lowest BCUT2D eigenvalue weighted by atomic mass is 9.88. The minimum absolute atomic E-state index is 0.624. The summed E-state index contributed by atoms with van der Waals surface area (Å²) in [5.74, 6) is 2.53. The first-order valence-electron chi connectivity index (χ1n) is 8.88. The monoisotopic (exact) mass is 370 g/mol. The fourth-order valence-electron chi connectivity index (χ4n) is 4.21. The van der Waals surface area contributed by atoms with Crippen LogP contribution < -0.4 is 10.5 Å². The minimum atomic E-state index is -0.854. The van der Waals surface area contributed by atoms with Crippen LogP contribution in [0.3, 0.4) is 0 Å². The fourth-order valence-corrected chi connectivity index (χ4v) is 4.69. The van der Waals surface area contributed by atoms with Crippen LogP contribution in [0, 0.1) is 17.8 Å². The number of hydrogen-bond donors (Lipinski definition) is 2. The number of aliphatic carboxylic acids is 1. The Balaban J connectivity index is 0.000000157. The Morgan fingerprint density at radius 2 is 1.58 bits per heavy atom. The topological polar surface area (TPSA) is 75.8 Å². The SMILES string of the molecule is NCC1C2CN(P)CC12.O=C(O)C1c2ccccc2Oc2ccccc21. The van der Waals surface area contributed by atoms with Crippen molar-refractivity contribution in [2.45, 2.75) is 5.92 Å². The molecule has 3 unspecified atom stereocenters. The van der Waals surface area contributed by atoms with E-state index in [2.05, 4.69) is 14.1 Å². The molecule has 3 atom stereocenters. The second kappa shape index (κ2) is 6.99. The average molecular weight is 370 g/mol. The van der Waals surface area contributed by atoms with Crippen LogP contribution in [0.2, 0.25) is 0 Å². The van der Waals surface area contributed by atoms with Crippen molar-refractivity contribution in [2.24, 2.45) is 23.5 Å². The van der Waals surface area contributed by atoms with E-state index in [1.54, 1.807) is 24.3 Å². The zero-order chi connectivity index (χ0) is 18.3. The second-order valence-electron chi connectivity index (χ2n) is 7.13. The van der Waals surface area contributed by atoms with E-state index >= 15 is 0 Å². The maximum absolute atomic E-state index is 11.4. The van der Waals surface area contributed by atoms with E-state index in [0.717, 1.165) is 24.3 Å². The Labute approximate surface area is 155 Å². The van der Waals surface area contributed by atoms with Crippen molar-refractivity contribution in [1.82, 2.24) is 4.67 Å². The molecule has 0 spiro atoms. The number of benzene rings is 2. The third-order valence-electron chi connectivity index (χ3n) is 5.60. The Morgan fingerprint density at radius 3 is 2.04 bits per heavy atom. The summed E-state index contributed by atoms with van der Waals surface area (Å²) in [6, 6.07) is 14.5. The van der Waals surface area contributed by atoms with Crippen molar-refractivity contribution in [2.75, 3.05) is 19.6 Å². The smallest absolute Gasteiger partial charge is 0.315 e. The highest BCUT2D eigenvalue weighted by atomic mass is 31.0. The van der Waals surface area contributed by atoms with Crippen molar-refractivity contribution < 1.29 is 14.6 Å². The van der Waals surface area contributed by atoms with Gasteiger partial charge >= 0.3 is 5.97 Å². The van der Waals surface area contributed by atoms with E-state index in [9.17, 15) is 9.90 Å². The number of nitrogens with two attached hydrogens (primary N) is 1.